The molecule has 5 rings (SSSR count). The van der Waals surface area contributed by atoms with Gasteiger partial charge < -0.3 is 18.9 Å². The third-order valence-corrected chi connectivity index (χ3v) is 7.78. The number of fused-ring (bicyclic) bond motifs is 1. The highest BCUT2D eigenvalue weighted by Gasteiger charge is 2.40. The number of methoxy groups -OCH3 is 3. The van der Waals surface area contributed by atoms with E-state index in [9.17, 15) is 9.18 Å². The molecule has 0 aromatic heterocycles. The maximum atomic E-state index is 14.5. The normalized spacial score (nSPS) is 20.4. The minimum Gasteiger partial charge on any atom is -0.497 e. The Hall–Kier alpha value is -3.38. The number of rotatable bonds is 8. The number of ether oxygens (including phenoxy) is 4. The minimum absolute atomic E-state index is 0.0330. The fraction of sp³-hybridized carbons (Fsp3) is 0.387. The quantitative estimate of drug-likeness (QED) is 0.328. The molecule has 1 saturated carbocycles. The molecule has 5 nitrogen and oxygen atoms in total. The number of esters is 1. The molecule has 3 unspecified atom stereocenters. The summed E-state index contributed by atoms with van der Waals surface area (Å²) in [7, 11) is 4.67. The van der Waals surface area contributed by atoms with E-state index in [1.807, 2.05) is 37.3 Å². The van der Waals surface area contributed by atoms with Crippen molar-refractivity contribution in [3.8, 4) is 22.6 Å². The fourth-order valence-electron chi connectivity index (χ4n) is 5.63. The number of carbonyl (C=O) groups is 1. The van der Waals surface area contributed by atoms with Gasteiger partial charge in [0.1, 0.15) is 17.3 Å². The molecular weight excluding hydrogens is 471 g/mol. The van der Waals surface area contributed by atoms with E-state index in [0.717, 1.165) is 47.3 Å². The summed E-state index contributed by atoms with van der Waals surface area (Å²) in [6, 6.07) is 18.9. The van der Waals surface area contributed by atoms with Crippen molar-refractivity contribution in [2.45, 2.75) is 44.3 Å². The smallest absolute Gasteiger partial charge is 0.309 e. The topological polar surface area (TPSA) is 54.0 Å². The number of halogens is 1. The van der Waals surface area contributed by atoms with Gasteiger partial charge in [-0.1, -0.05) is 43.3 Å². The second kappa shape index (κ2) is 10.5. The lowest BCUT2D eigenvalue weighted by Gasteiger charge is -2.34. The maximum absolute atomic E-state index is 14.5. The molecule has 1 heterocycles. The SMILES string of the molecule is COC(=O)[C@H](C)C(c1ccc2c(c1)CC(c1ccc(-c3cc(OC)ccc3F)cc1)C(OC)O2)C1CC1. The Balaban J connectivity index is 1.42. The monoisotopic (exact) mass is 504 g/mol. The molecule has 3 aromatic rings. The summed E-state index contributed by atoms with van der Waals surface area (Å²) in [4.78, 5) is 12.4. The van der Waals surface area contributed by atoms with Gasteiger partial charge in [-0.05, 0) is 77.6 Å². The van der Waals surface area contributed by atoms with Crippen LogP contribution in [0.1, 0.15) is 48.3 Å². The molecule has 0 spiro atoms. The number of carbonyl (C=O) groups excluding carboxylic acids is 1. The van der Waals surface area contributed by atoms with Crippen molar-refractivity contribution in [3.63, 3.8) is 0 Å². The van der Waals surface area contributed by atoms with Crippen LogP contribution in [0.4, 0.5) is 4.39 Å². The maximum Gasteiger partial charge on any atom is 0.309 e. The predicted octanol–water partition coefficient (Wildman–Crippen LogP) is 6.50. The van der Waals surface area contributed by atoms with Gasteiger partial charge in [0.25, 0.3) is 0 Å². The average Bonchev–Trinajstić information content (AvgIpc) is 3.77. The molecule has 0 amide bonds. The lowest BCUT2D eigenvalue weighted by molar-refractivity contribution is -0.145. The van der Waals surface area contributed by atoms with Gasteiger partial charge in [0.2, 0.25) is 6.29 Å². The van der Waals surface area contributed by atoms with Crippen LogP contribution >= 0.6 is 0 Å². The van der Waals surface area contributed by atoms with Crippen molar-refractivity contribution in [1.29, 1.82) is 0 Å². The van der Waals surface area contributed by atoms with Crippen LogP contribution in [0.15, 0.2) is 60.7 Å². The van der Waals surface area contributed by atoms with Crippen LogP contribution < -0.4 is 9.47 Å². The van der Waals surface area contributed by atoms with Crippen LogP contribution in [0, 0.1) is 17.7 Å². The molecule has 4 atom stereocenters. The Labute approximate surface area is 217 Å². The van der Waals surface area contributed by atoms with E-state index in [1.54, 1.807) is 26.4 Å². The van der Waals surface area contributed by atoms with Gasteiger partial charge in [-0.25, -0.2) is 4.39 Å². The molecule has 6 heteroatoms. The van der Waals surface area contributed by atoms with Gasteiger partial charge in [0.05, 0.1) is 26.1 Å². The zero-order valence-electron chi connectivity index (χ0n) is 21.7. The van der Waals surface area contributed by atoms with E-state index in [2.05, 4.69) is 12.1 Å². The summed E-state index contributed by atoms with van der Waals surface area (Å²) < 4.78 is 36.8. The lowest BCUT2D eigenvalue weighted by atomic mass is 9.81. The molecule has 1 aliphatic carbocycles. The van der Waals surface area contributed by atoms with Crippen molar-refractivity contribution in [1.82, 2.24) is 0 Å². The molecule has 2 aliphatic rings. The first-order valence-electron chi connectivity index (χ1n) is 12.8. The van der Waals surface area contributed by atoms with Crippen molar-refractivity contribution >= 4 is 5.97 Å². The van der Waals surface area contributed by atoms with Crippen LogP contribution in [-0.2, 0) is 20.7 Å². The van der Waals surface area contributed by atoms with E-state index in [-0.39, 0.29) is 29.5 Å². The van der Waals surface area contributed by atoms with Crippen LogP contribution in [0.5, 0.6) is 11.5 Å². The molecular formula is C31H33FO5. The summed E-state index contributed by atoms with van der Waals surface area (Å²) >= 11 is 0. The molecule has 194 valence electrons. The van der Waals surface area contributed by atoms with E-state index < -0.39 is 6.29 Å². The van der Waals surface area contributed by atoms with Crippen LogP contribution in [0.3, 0.4) is 0 Å². The molecule has 0 saturated heterocycles. The second-order valence-corrected chi connectivity index (χ2v) is 10.0. The Morgan fingerprint density at radius 1 is 1.00 bits per heavy atom. The van der Waals surface area contributed by atoms with Gasteiger partial charge in [-0.15, -0.1) is 0 Å². The summed E-state index contributed by atoms with van der Waals surface area (Å²) in [5, 5.41) is 0. The Bertz CT molecular complexity index is 1270. The number of hydrogen-bond donors (Lipinski definition) is 0. The summed E-state index contributed by atoms with van der Waals surface area (Å²) in [6.45, 7) is 1.96. The van der Waals surface area contributed by atoms with Gasteiger partial charge in [0, 0.05) is 12.7 Å². The fourth-order valence-corrected chi connectivity index (χ4v) is 5.63. The standard InChI is InChI=1S/C31H33FO5/c1-18(30(33)35-3)29(21-9-10-21)22-11-14-28-23(15-22)16-26(31(36-4)37-28)20-7-5-19(6-8-20)25-17-24(34-2)12-13-27(25)32/h5-8,11-15,17-18,21,26,29,31H,9-10,16H2,1-4H3/t18-,26?,29?,31?/m1/s1. The van der Waals surface area contributed by atoms with E-state index >= 15 is 0 Å². The van der Waals surface area contributed by atoms with Crippen LogP contribution in [0.25, 0.3) is 11.1 Å². The average molecular weight is 505 g/mol. The number of benzene rings is 3. The van der Waals surface area contributed by atoms with Crippen molar-refractivity contribution in [2.24, 2.45) is 11.8 Å². The highest BCUT2D eigenvalue weighted by molar-refractivity contribution is 5.73. The van der Waals surface area contributed by atoms with Crippen LogP contribution in [-0.4, -0.2) is 33.6 Å². The van der Waals surface area contributed by atoms with Gasteiger partial charge in [-0.2, -0.15) is 0 Å². The summed E-state index contributed by atoms with van der Waals surface area (Å²) in [5.41, 5.74) is 4.58. The highest BCUT2D eigenvalue weighted by Crippen LogP contribution is 2.48. The third-order valence-electron chi connectivity index (χ3n) is 7.78. The van der Waals surface area contributed by atoms with E-state index in [1.165, 1.54) is 13.2 Å². The first kappa shape index (κ1) is 25.3. The Morgan fingerprint density at radius 2 is 1.76 bits per heavy atom. The zero-order chi connectivity index (χ0) is 26.1. The Kier molecular flexibility index (Phi) is 7.20. The van der Waals surface area contributed by atoms with Crippen molar-refractivity contribution in [2.75, 3.05) is 21.3 Å². The van der Waals surface area contributed by atoms with Crippen molar-refractivity contribution < 1.29 is 28.1 Å². The first-order chi connectivity index (χ1) is 17.9. The van der Waals surface area contributed by atoms with Gasteiger partial charge in [-0.3, -0.25) is 4.79 Å². The first-order valence-corrected chi connectivity index (χ1v) is 12.8. The van der Waals surface area contributed by atoms with Crippen molar-refractivity contribution in [3.05, 3.63) is 83.2 Å². The molecule has 0 radical (unpaired) electrons. The molecule has 1 fully saturated rings. The van der Waals surface area contributed by atoms with Crippen LogP contribution in [0.2, 0.25) is 0 Å². The lowest BCUT2D eigenvalue weighted by Crippen LogP contribution is -2.33. The Morgan fingerprint density at radius 3 is 2.41 bits per heavy atom. The summed E-state index contributed by atoms with van der Waals surface area (Å²) in [6.07, 6.45) is 2.56. The molecule has 0 N–H and O–H groups in total. The molecule has 0 bridgehead atoms. The van der Waals surface area contributed by atoms with Gasteiger partial charge in [0.15, 0.2) is 0 Å². The number of hydrogen-bond acceptors (Lipinski definition) is 5. The summed E-state index contributed by atoms with van der Waals surface area (Å²) in [5.74, 6) is 1.35. The second-order valence-electron chi connectivity index (χ2n) is 10.0. The highest BCUT2D eigenvalue weighted by atomic mass is 19.1. The largest absolute Gasteiger partial charge is 0.497 e. The molecule has 37 heavy (non-hydrogen) atoms. The zero-order valence-corrected chi connectivity index (χ0v) is 21.7. The van der Waals surface area contributed by atoms with E-state index in [0.29, 0.717) is 17.2 Å². The third kappa shape index (κ3) is 5.08. The minimum atomic E-state index is -0.439. The molecule has 1 aliphatic heterocycles. The van der Waals surface area contributed by atoms with Gasteiger partial charge >= 0.3 is 5.97 Å². The predicted molar refractivity (Wildman–Crippen MR) is 139 cm³/mol. The van der Waals surface area contributed by atoms with E-state index in [4.69, 9.17) is 18.9 Å². The molecule has 3 aromatic carbocycles.